The molecule has 0 aliphatic rings. The number of amides is 1. The number of anilines is 1. The first-order chi connectivity index (χ1) is 13.7. The van der Waals surface area contributed by atoms with E-state index in [0.29, 0.717) is 5.69 Å². The first kappa shape index (κ1) is 19.4. The fraction of sp³-hybridized carbons (Fsp3) is 0.0435. The molecule has 0 heterocycles. The number of rotatable bonds is 6. The summed E-state index contributed by atoms with van der Waals surface area (Å²) in [6.07, 6.45) is 1.47. The highest BCUT2D eigenvalue weighted by atomic mass is 79.9. The zero-order valence-electron chi connectivity index (χ0n) is 15.0. The fourth-order valence-electron chi connectivity index (χ4n) is 2.72. The second-order valence-corrected chi connectivity index (χ2v) is 6.97. The molecule has 3 rings (SSSR count). The van der Waals surface area contributed by atoms with Crippen molar-refractivity contribution in [2.24, 2.45) is 0 Å². The molecule has 0 unspecified atom stereocenters. The minimum absolute atomic E-state index is 0.000203. The highest BCUT2D eigenvalue weighted by molar-refractivity contribution is 9.10. The van der Waals surface area contributed by atoms with E-state index in [-0.39, 0.29) is 11.6 Å². The number of nitrogens with one attached hydrogen (secondary N) is 2. The van der Waals surface area contributed by atoms with Gasteiger partial charge in [0.15, 0.2) is 0 Å². The molecular weight excluding hydrogens is 414 g/mol. The summed E-state index contributed by atoms with van der Waals surface area (Å²) < 4.78 is 0.914. The fourth-order valence-corrected chi connectivity index (χ4v) is 2.99. The summed E-state index contributed by atoms with van der Waals surface area (Å²) in [4.78, 5) is 12.5. The monoisotopic (exact) mass is 431 g/mol. The minimum atomic E-state index is -0.461. The third kappa shape index (κ3) is 5.09. The van der Waals surface area contributed by atoms with Crippen molar-refractivity contribution in [3.63, 3.8) is 0 Å². The van der Waals surface area contributed by atoms with E-state index in [2.05, 4.69) is 26.6 Å². The maximum atomic E-state index is 12.5. The lowest BCUT2D eigenvalue weighted by molar-refractivity contribution is -0.112. The van der Waals surface area contributed by atoms with Crippen molar-refractivity contribution in [3.8, 4) is 6.07 Å². The summed E-state index contributed by atoms with van der Waals surface area (Å²) >= 11 is 3.35. The Morgan fingerprint density at radius 2 is 1.43 bits per heavy atom. The predicted octanol–water partition coefficient (Wildman–Crippen LogP) is 5.17. The SMILES string of the molecule is N#C/C(=C/NC(c1ccccc1)c1ccccc1)C(=O)Nc1ccc(Br)cc1. The van der Waals surface area contributed by atoms with Crippen LogP contribution in [0, 0.1) is 11.3 Å². The highest BCUT2D eigenvalue weighted by Gasteiger charge is 2.14. The molecule has 4 nitrogen and oxygen atoms in total. The van der Waals surface area contributed by atoms with E-state index in [4.69, 9.17) is 0 Å². The van der Waals surface area contributed by atoms with Crippen LogP contribution >= 0.6 is 15.9 Å². The summed E-state index contributed by atoms with van der Waals surface area (Å²) in [5.41, 5.74) is 2.70. The lowest BCUT2D eigenvalue weighted by Gasteiger charge is -2.19. The van der Waals surface area contributed by atoms with E-state index in [1.807, 2.05) is 78.9 Å². The Kier molecular flexibility index (Phi) is 6.61. The van der Waals surface area contributed by atoms with Gasteiger partial charge in [0.25, 0.3) is 5.91 Å². The van der Waals surface area contributed by atoms with Gasteiger partial charge in [-0.3, -0.25) is 4.79 Å². The number of hydrogen-bond donors (Lipinski definition) is 2. The number of nitrogens with zero attached hydrogens (tertiary/aromatic N) is 1. The van der Waals surface area contributed by atoms with Crippen molar-refractivity contribution in [2.75, 3.05) is 5.32 Å². The molecule has 0 spiro atoms. The summed E-state index contributed by atoms with van der Waals surface area (Å²) in [6, 6.07) is 28.7. The van der Waals surface area contributed by atoms with Gasteiger partial charge in [0.05, 0.1) is 6.04 Å². The quantitative estimate of drug-likeness (QED) is 0.417. The van der Waals surface area contributed by atoms with Gasteiger partial charge >= 0.3 is 0 Å². The molecule has 2 N–H and O–H groups in total. The molecule has 5 heteroatoms. The number of carbonyl (C=O) groups is 1. The van der Waals surface area contributed by atoms with Gasteiger partial charge in [-0.1, -0.05) is 76.6 Å². The van der Waals surface area contributed by atoms with Crippen LogP contribution in [0.5, 0.6) is 0 Å². The van der Waals surface area contributed by atoms with Gasteiger partial charge in [-0.25, -0.2) is 0 Å². The van der Waals surface area contributed by atoms with E-state index in [9.17, 15) is 10.1 Å². The van der Waals surface area contributed by atoms with Gasteiger partial charge < -0.3 is 10.6 Å². The average molecular weight is 432 g/mol. The molecular formula is C23H18BrN3O. The van der Waals surface area contributed by atoms with Gasteiger partial charge in [-0.05, 0) is 35.4 Å². The van der Waals surface area contributed by atoms with E-state index in [1.54, 1.807) is 12.1 Å². The summed E-state index contributed by atoms with van der Waals surface area (Å²) in [6.45, 7) is 0. The molecule has 0 saturated carbocycles. The van der Waals surface area contributed by atoms with E-state index in [1.165, 1.54) is 6.20 Å². The number of halogens is 1. The smallest absolute Gasteiger partial charge is 0.267 e. The van der Waals surface area contributed by atoms with Crippen LogP contribution < -0.4 is 10.6 Å². The first-order valence-corrected chi connectivity index (χ1v) is 9.50. The van der Waals surface area contributed by atoms with Crippen LogP contribution in [0.4, 0.5) is 5.69 Å². The van der Waals surface area contributed by atoms with Crippen LogP contribution in [0.1, 0.15) is 17.2 Å². The molecule has 0 aliphatic heterocycles. The van der Waals surface area contributed by atoms with Gasteiger partial charge in [-0.15, -0.1) is 0 Å². The number of nitriles is 1. The van der Waals surface area contributed by atoms with Crippen molar-refractivity contribution in [1.82, 2.24) is 5.32 Å². The van der Waals surface area contributed by atoms with Crippen LogP contribution in [-0.2, 0) is 4.79 Å². The lowest BCUT2D eigenvalue weighted by atomic mass is 9.99. The largest absolute Gasteiger partial charge is 0.379 e. The van der Waals surface area contributed by atoms with Crippen molar-refractivity contribution in [3.05, 3.63) is 112 Å². The molecule has 0 bridgehead atoms. The van der Waals surface area contributed by atoms with Crippen LogP contribution in [0.3, 0.4) is 0 Å². The van der Waals surface area contributed by atoms with E-state index in [0.717, 1.165) is 15.6 Å². The molecule has 0 radical (unpaired) electrons. The Balaban J connectivity index is 1.81. The Labute approximate surface area is 172 Å². The van der Waals surface area contributed by atoms with E-state index < -0.39 is 5.91 Å². The molecule has 0 atom stereocenters. The molecule has 1 amide bonds. The summed E-state index contributed by atoms with van der Waals surface area (Å²) in [5, 5.41) is 15.4. The Morgan fingerprint density at radius 3 is 1.93 bits per heavy atom. The molecule has 138 valence electrons. The molecule has 0 saturated heterocycles. The van der Waals surface area contributed by atoms with Crippen LogP contribution in [0.25, 0.3) is 0 Å². The second-order valence-electron chi connectivity index (χ2n) is 6.05. The minimum Gasteiger partial charge on any atom is -0.379 e. The summed E-state index contributed by atoms with van der Waals surface area (Å²) in [7, 11) is 0. The molecule has 28 heavy (non-hydrogen) atoms. The van der Waals surface area contributed by atoms with Crippen molar-refractivity contribution >= 4 is 27.5 Å². The average Bonchev–Trinajstić information content (AvgIpc) is 2.74. The lowest BCUT2D eigenvalue weighted by Crippen LogP contribution is -2.21. The Hall–Kier alpha value is -3.36. The molecule has 0 aliphatic carbocycles. The molecule has 0 aromatic heterocycles. The van der Waals surface area contributed by atoms with Crippen LogP contribution in [0.2, 0.25) is 0 Å². The van der Waals surface area contributed by atoms with E-state index >= 15 is 0 Å². The number of carbonyl (C=O) groups excluding carboxylic acids is 1. The Bertz CT molecular complexity index is 954. The maximum absolute atomic E-state index is 12.5. The number of hydrogen-bond acceptors (Lipinski definition) is 3. The van der Waals surface area contributed by atoms with Crippen molar-refractivity contribution in [2.45, 2.75) is 6.04 Å². The normalized spacial score (nSPS) is 11.0. The molecule has 3 aromatic rings. The van der Waals surface area contributed by atoms with Gasteiger partial charge in [0.2, 0.25) is 0 Å². The van der Waals surface area contributed by atoms with Gasteiger partial charge in [0.1, 0.15) is 11.6 Å². The third-order valence-electron chi connectivity index (χ3n) is 4.13. The van der Waals surface area contributed by atoms with Crippen molar-refractivity contribution in [1.29, 1.82) is 5.26 Å². The van der Waals surface area contributed by atoms with Crippen molar-refractivity contribution < 1.29 is 4.79 Å². The van der Waals surface area contributed by atoms with Gasteiger partial charge in [0, 0.05) is 16.4 Å². The topological polar surface area (TPSA) is 64.9 Å². The Morgan fingerprint density at radius 1 is 0.893 bits per heavy atom. The first-order valence-electron chi connectivity index (χ1n) is 8.70. The summed E-state index contributed by atoms with van der Waals surface area (Å²) in [5.74, 6) is -0.461. The highest BCUT2D eigenvalue weighted by Crippen LogP contribution is 2.22. The van der Waals surface area contributed by atoms with Crippen LogP contribution in [-0.4, -0.2) is 5.91 Å². The second kappa shape index (κ2) is 9.54. The van der Waals surface area contributed by atoms with Gasteiger partial charge in [-0.2, -0.15) is 5.26 Å². The predicted molar refractivity (Wildman–Crippen MR) is 114 cm³/mol. The molecule has 0 fully saturated rings. The standard InChI is InChI=1S/C23H18BrN3O/c24-20-11-13-21(14-12-20)27-23(28)19(15-25)16-26-22(17-7-3-1-4-8-17)18-9-5-2-6-10-18/h1-14,16,22,26H,(H,27,28)/b19-16-. The zero-order valence-corrected chi connectivity index (χ0v) is 16.6. The zero-order chi connectivity index (χ0) is 19.8. The maximum Gasteiger partial charge on any atom is 0.267 e. The van der Waals surface area contributed by atoms with Crippen LogP contribution in [0.15, 0.2) is 101 Å². The molecule has 3 aromatic carbocycles. The number of benzene rings is 3. The third-order valence-corrected chi connectivity index (χ3v) is 4.66.